The van der Waals surface area contributed by atoms with Crippen LogP contribution in [0.5, 0.6) is 0 Å². The van der Waals surface area contributed by atoms with Crippen LogP contribution in [0.2, 0.25) is 0 Å². The normalized spacial score (nSPS) is 12.5. The van der Waals surface area contributed by atoms with Crippen molar-refractivity contribution in [3.63, 3.8) is 0 Å². The second kappa shape index (κ2) is 17.4. The van der Waals surface area contributed by atoms with Gasteiger partial charge in [0.25, 0.3) is 0 Å². The third kappa shape index (κ3) is 9.39. The van der Waals surface area contributed by atoms with Gasteiger partial charge in [0.15, 0.2) is 0 Å². The van der Waals surface area contributed by atoms with Crippen LogP contribution in [0.3, 0.4) is 0 Å². The van der Waals surface area contributed by atoms with Crippen molar-refractivity contribution in [1.82, 2.24) is 4.90 Å². The van der Waals surface area contributed by atoms with Gasteiger partial charge in [0.05, 0.1) is 6.54 Å². The second-order valence-electron chi connectivity index (χ2n) is 5.10. The Morgan fingerprint density at radius 1 is 1.27 bits per heavy atom. The molecule has 1 aromatic carbocycles. The van der Waals surface area contributed by atoms with E-state index in [9.17, 15) is 9.59 Å². The zero-order valence-electron chi connectivity index (χ0n) is 16.5. The summed E-state index contributed by atoms with van der Waals surface area (Å²) in [5.41, 5.74) is 1.92. The molecule has 1 radical (unpaired) electrons. The molecule has 0 aliphatic carbocycles. The molecule has 0 N–H and O–H groups in total. The van der Waals surface area contributed by atoms with Crippen LogP contribution in [-0.4, -0.2) is 43.9 Å². The molecule has 1 aliphatic heterocycles. The third-order valence-electron chi connectivity index (χ3n) is 3.53. The van der Waals surface area contributed by atoms with Gasteiger partial charge in [0, 0.05) is 72.1 Å². The summed E-state index contributed by atoms with van der Waals surface area (Å²) in [5, 5.41) is 4.02. The van der Waals surface area contributed by atoms with Gasteiger partial charge in [0.2, 0.25) is 11.8 Å². The molecule has 0 fully saturated rings. The molecule has 137 valence electrons. The van der Waals surface area contributed by atoms with Crippen LogP contribution in [0.15, 0.2) is 18.2 Å². The van der Waals surface area contributed by atoms with Crippen LogP contribution in [0.4, 0.5) is 5.69 Å². The molecule has 1 aromatic rings. The smallest absolute Gasteiger partial charge is 0.665 e. The number of carbonyl (C=O) groups excluding carboxylic acids is 2. The van der Waals surface area contributed by atoms with Gasteiger partial charge in [-0.15, -0.1) is 6.07 Å². The van der Waals surface area contributed by atoms with E-state index in [0.29, 0.717) is 11.3 Å². The van der Waals surface area contributed by atoms with Crippen LogP contribution in [0, 0.1) is 13.5 Å². The number of nitrogens with zero attached hydrogens (tertiary/aromatic N) is 3. The summed E-state index contributed by atoms with van der Waals surface area (Å²) < 4.78 is 0. The maximum Gasteiger partial charge on any atom is 1.00 e. The Hall–Kier alpha value is 1.59. The van der Waals surface area contributed by atoms with E-state index in [2.05, 4.69) is 12.2 Å². The first kappa shape index (κ1) is 32.3. The summed E-state index contributed by atoms with van der Waals surface area (Å²) in [6.07, 6.45) is 1.59. The van der Waals surface area contributed by atoms with Crippen LogP contribution < -0.4 is 63.1 Å². The Labute approximate surface area is 246 Å². The van der Waals surface area contributed by atoms with Gasteiger partial charge in [-0.3, -0.25) is 9.59 Å². The number of carbonyl (C=O) groups is 2. The Morgan fingerprint density at radius 3 is 2.46 bits per heavy atom. The molecule has 5 nitrogen and oxygen atoms in total. The van der Waals surface area contributed by atoms with E-state index < -0.39 is 0 Å². The molecule has 0 saturated carbocycles. The van der Waals surface area contributed by atoms with E-state index in [1.54, 1.807) is 38.8 Å². The molecule has 0 saturated heterocycles. The van der Waals surface area contributed by atoms with Crippen molar-refractivity contribution < 1.29 is 122 Å². The number of rotatable bonds is 5. The number of anilines is 1. The van der Waals surface area contributed by atoms with Gasteiger partial charge < -0.3 is 15.1 Å². The van der Waals surface area contributed by atoms with Crippen molar-refractivity contribution in [2.24, 2.45) is 0 Å². The average Bonchev–Trinajstić information content (AvgIpc) is 2.65. The Morgan fingerprint density at radius 2 is 1.88 bits per heavy atom. The quantitative estimate of drug-likeness (QED) is 0.333. The first-order valence-electron chi connectivity index (χ1n) is 7.97. The van der Waals surface area contributed by atoms with Crippen LogP contribution >= 0.6 is 0 Å². The molecule has 1 aliphatic rings. The van der Waals surface area contributed by atoms with Gasteiger partial charge in [-0.1, -0.05) is 26.3 Å². The van der Waals surface area contributed by atoms with E-state index in [0.717, 1.165) is 24.9 Å². The average molecular weight is 675 g/mol. The predicted molar refractivity (Wildman–Crippen MR) is 94.4 cm³/mol. The topological polar surface area (TPSA) is 54.7 Å². The number of likely N-dealkylation sites (N-methyl/N-ethyl adjacent to an activating group) is 1. The SMILES string of the molecule is CC.[CH2-]c1ccc2c(c1)C(=O)N([CH-]CCC[N-]C)CC(=O)N2C.[Rb+].[W].[Y]. The van der Waals surface area contributed by atoms with Crippen molar-refractivity contribution in [3.05, 3.63) is 48.1 Å². The first-order chi connectivity index (χ1) is 11.0. The predicted octanol–water partition coefficient (Wildman–Crippen LogP) is 0.258. The second-order valence-corrected chi connectivity index (χ2v) is 5.10. The van der Waals surface area contributed by atoms with E-state index >= 15 is 0 Å². The van der Waals surface area contributed by atoms with Gasteiger partial charge in [0.1, 0.15) is 0 Å². The summed E-state index contributed by atoms with van der Waals surface area (Å²) in [6.45, 7) is 10.5. The zero-order valence-corrected chi connectivity index (χ0v) is 27.2. The minimum absolute atomic E-state index is 0. The number of benzene rings is 1. The number of hydrogen-bond donors (Lipinski definition) is 0. The molecular weight excluding hydrogens is 648 g/mol. The molecule has 2 rings (SSSR count). The van der Waals surface area contributed by atoms with Gasteiger partial charge in [-0.2, -0.15) is 38.6 Å². The van der Waals surface area contributed by atoms with E-state index in [1.165, 1.54) is 9.80 Å². The third-order valence-corrected chi connectivity index (χ3v) is 3.53. The summed E-state index contributed by atoms with van der Waals surface area (Å²) >= 11 is 0. The fraction of sp³-hybridized carbons (Fsp3) is 0.444. The first-order valence-corrected chi connectivity index (χ1v) is 7.97. The zero-order chi connectivity index (χ0) is 17.4. The van der Waals surface area contributed by atoms with Crippen molar-refractivity contribution >= 4 is 17.5 Å². The molecule has 0 aromatic heterocycles. The molecule has 0 unspecified atom stereocenters. The van der Waals surface area contributed by atoms with Crippen molar-refractivity contribution in [2.75, 3.05) is 32.1 Å². The number of amides is 2. The standard InChI is InChI=1S/C16H20N3O2.C2H6.Rb.W.Y/c1-12-6-7-14-13(10-12)16(21)19(9-5-4-8-17-2)11-15(20)18(14)3;1-2;;;/h6-7,9-10H,1,4-5,8,11H2,2-3H3;1-2H3;;;/q-3;;+1;;. The van der Waals surface area contributed by atoms with Crippen LogP contribution in [-0.2, 0) is 58.6 Å². The molecule has 0 atom stereocenters. The molecule has 1 heterocycles. The van der Waals surface area contributed by atoms with Crippen LogP contribution in [0.1, 0.15) is 42.6 Å². The summed E-state index contributed by atoms with van der Waals surface area (Å²) in [5.74, 6) is -0.253. The number of hydrogen-bond acceptors (Lipinski definition) is 2. The monoisotopic (exact) mass is 674 g/mol. The maximum absolute atomic E-state index is 12.6. The van der Waals surface area contributed by atoms with Crippen molar-refractivity contribution in [3.8, 4) is 0 Å². The minimum atomic E-state index is -0.151. The van der Waals surface area contributed by atoms with Crippen LogP contribution in [0.25, 0.3) is 5.32 Å². The van der Waals surface area contributed by atoms with Gasteiger partial charge in [-0.25, -0.2) is 6.54 Å². The maximum atomic E-state index is 12.6. The number of unbranched alkanes of at least 4 members (excludes halogenated alkanes) is 1. The molecule has 0 bridgehead atoms. The Bertz CT molecular complexity index is 561. The number of fused-ring (bicyclic) bond motifs is 1. The van der Waals surface area contributed by atoms with Gasteiger partial charge >= 0.3 is 58.2 Å². The molecule has 0 spiro atoms. The summed E-state index contributed by atoms with van der Waals surface area (Å²) in [6, 6.07) is 5.31. The van der Waals surface area contributed by atoms with Crippen molar-refractivity contribution in [2.45, 2.75) is 26.7 Å². The molecule has 8 heteroatoms. The van der Waals surface area contributed by atoms with Gasteiger partial charge in [-0.05, 0) is 0 Å². The molecule has 26 heavy (non-hydrogen) atoms. The fourth-order valence-electron chi connectivity index (χ4n) is 2.30. The Kier molecular flexibility index (Phi) is 21.6. The van der Waals surface area contributed by atoms with E-state index in [-0.39, 0.29) is 130 Å². The largest absolute Gasteiger partial charge is 1.00 e. The fourth-order valence-corrected chi connectivity index (χ4v) is 2.30. The Balaban J connectivity index is -0.00000102. The summed E-state index contributed by atoms with van der Waals surface area (Å²) in [4.78, 5) is 27.8. The van der Waals surface area contributed by atoms with E-state index in [4.69, 9.17) is 0 Å². The van der Waals surface area contributed by atoms with Crippen molar-refractivity contribution in [1.29, 1.82) is 0 Å². The minimum Gasteiger partial charge on any atom is -0.665 e. The van der Waals surface area contributed by atoms with E-state index in [1.807, 2.05) is 13.8 Å². The molecular formula is C18H26N3O2RbWY-2. The summed E-state index contributed by atoms with van der Waals surface area (Å²) in [7, 11) is 3.46. The molecule has 2 amide bonds.